The van der Waals surface area contributed by atoms with Gasteiger partial charge in [-0.1, -0.05) is 129 Å². The van der Waals surface area contributed by atoms with Gasteiger partial charge in [-0.05, 0) is 79.7 Å². The lowest BCUT2D eigenvalue weighted by molar-refractivity contribution is 0.645. The Morgan fingerprint density at radius 1 is 0.522 bits per heavy atom. The van der Waals surface area contributed by atoms with Crippen LogP contribution in [0.2, 0.25) is 0 Å². The van der Waals surface area contributed by atoms with Crippen LogP contribution in [0.15, 0.2) is 146 Å². The summed E-state index contributed by atoms with van der Waals surface area (Å²) in [6.45, 7) is 4.73. The molecule has 1 aliphatic rings. The van der Waals surface area contributed by atoms with Gasteiger partial charge in [-0.2, -0.15) is 0 Å². The first kappa shape index (κ1) is 25.6. The number of pyridine rings is 1. The maximum Gasteiger partial charge on any atom is 0.138 e. The number of rotatable bonds is 2. The molecule has 2 nitrogen and oxygen atoms in total. The molecule has 7 aromatic carbocycles. The fourth-order valence-electron chi connectivity index (χ4n) is 8.18. The fourth-order valence-corrected chi connectivity index (χ4v) is 8.18. The summed E-state index contributed by atoms with van der Waals surface area (Å²) in [5.41, 5.74) is 11.0. The van der Waals surface area contributed by atoms with Gasteiger partial charge in [0.05, 0.1) is 16.6 Å². The monoisotopic (exact) mass is 586 g/mol. The summed E-state index contributed by atoms with van der Waals surface area (Å²) in [5.74, 6) is 0.934. The highest BCUT2D eigenvalue weighted by Gasteiger charge is 2.35. The largest absolute Gasteiger partial charge is 0.293 e. The standard InChI is InChI=1S/C44H30N2/c1-44(2)36-18-8-5-17-33(36)42-41-30(14-11-19-37(41)44)25-35-32-16-7-10-21-39(32)46(43(35)42)40-26-34(31-15-6-9-20-38(31)45-40)29-23-22-27-12-3-4-13-28(27)24-29/h3-26H,1-2H3. The Morgan fingerprint density at radius 2 is 1.24 bits per heavy atom. The van der Waals surface area contributed by atoms with E-state index < -0.39 is 0 Å². The van der Waals surface area contributed by atoms with Crippen molar-refractivity contribution in [1.29, 1.82) is 0 Å². The lowest BCUT2D eigenvalue weighted by Gasteiger charge is -2.35. The molecule has 2 heterocycles. The highest BCUT2D eigenvalue weighted by molar-refractivity contribution is 6.23. The Morgan fingerprint density at radius 3 is 2.15 bits per heavy atom. The number of benzene rings is 7. The van der Waals surface area contributed by atoms with E-state index in [1.165, 1.54) is 76.7 Å². The molecular weight excluding hydrogens is 556 g/mol. The molecule has 9 aromatic rings. The fraction of sp³-hybridized carbons (Fsp3) is 0.0682. The summed E-state index contributed by atoms with van der Waals surface area (Å²) in [7, 11) is 0. The molecule has 0 spiro atoms. The third-order valence-electron chi connectivity index (χ3n) is 10.3. The Bertz CT molecular complexity index is 2730. The number of hydrogen-bond donors (Lipinski definition) is 0. The lowest BCUT2D eigenvalue weighted by atomic mass is 9.68. The molecule has 0 N–H and O–H groups in total. The number of aromatic nitrogens is 2. The molecule has 0 atom stereocenters. The van der Waals surface area contributed by atoms with Gasteiger partial charge in [0.2, 0.25) is 0 Å². The Hall–Kier alpha value is -5.73. The third kappa shape index (κ3) is 3.39. The van der Waals surface area contributed by atoms with Gasteiger partial charge in [-0.25, -0.2) is 4.98 Å². The van der Waals surface area contributed by atoms with E-state index in [0.717, 1.165) is 16.7 Å². The highest BCUT2D eigenvalue weighted by Crippen LogP contribution is 2.52. The average molecular weight is 587 g/mol. The van der Waals surface area contributed by atoms with Gasteiger partial charge in [0.15, 0.2) is 0 Å². The van der Waals surface area contributed by atoms with Crippen molar-refractivity contribution >= 4 is 54.3 Å². The zero-order valence-corrected chi connectivity index (χ0v) is 25.8. The van der Waals surface area contributed by atoms with Crippen molar-refractivity contribution in [2.24, 2.45) is 0 Å². The Kier molecular flexibility index (Phi) is 5.09. The van der Waals surface area contributed by atoms with Crippen LogP contribution in [0, 0.1) is 0 Å². The number of nitrogens with zero attached hydrogens (tertiary/aromatic N) is 2. The zero-order chi connectivity index (χ0) is 30.6. The number of para-hydroxylation sites is 2. The van der Waals surface area contributed by atoms with Crippen LogP contribution in [0.25, 0.3) is 82.3 Å². The third-order valence-corrected chi connectivity index (χ3v) is 10.3. The van der Waals surface area contributed by atoms with E-state index in [1.54, 1.807) is 0 Å². The normalized spacial score (nSPS) is 13.6. The van der Waals surface area contributed by atoms with Gasteiger partial charge < -0.3 is 0 Å². The van der Waals surface area contributed by atoms with E-state index in [9.17, 15) is 0 Å². The molecule has 0 unspecified atom stereocenters. The van der Waals surface area contributed by atoms with Gasteiger partial charge in [-0.3, -0.25) is 4.57 Å². The van der Waals surface area contributed by atoms with Gasteiger partial charge in [-0.15, -0.1) is 0 Å². The second-order valence-electron chi connectivity index (χ2n) is 13.2. The van der Waals surface area contributed by atoms with Gasteiger partial charge in [0.1, 0.15) is 5.82 Å². The van der Waals surface area contributed by atoms with E-state index in [1.807, 2.05) is 0 Å². The van der Waals surface area contributed by atoms with Crippen molar-refractivity contribution in [3.8, 4) is 28.1 Å². The molecule has 2 heteroatoms. The molecule has 216 valence electrons. The molecule has 0 saturated heterocycles. The number of fused-ring (bicyclic) bond motifs is 8. The van der Waals surface area contributed by atoms with Crippen LogP contribution in [0.5, 0.6) is 0 Å². The summed E-state index contributed by atoms with van der Waals surface area (Å²) in [4.78, 5) is 5.41. The minimum absolute atomic E-state index is 0.113. The minimum atomic E-state index is -0.113. The van der Waals surface area contributed by atoms with Gasteiger partial charge in [0.25, 0.3) is 0 Å². The molecule has 0 saturated carbocycles. The lowest BCUT2D eigenvalue weighted by Crippen LogP contribution is -2.23. The van der Waals surface area contributed by atoms with E-state index in [2.05, 4.69) is 164 Å². The van der Waals surface area contributed by atoms with E-state index in [4.69, 9.17) is 4.98 Å². The predicted octanol–water partition coefficient (Wildman–Crippen LogP) is 11.6. The summed E-state index contributed by atoms with van der Waals surface area (Å²) < 4.78 is 2.43. The van der Waals surface area contributed by atoms with Crippen molar-refractivity contribution in [3.63, 3.8) is 0 Å². The Labute approximate surface area is 267 Å². The molecule has 0 bridgehead atoms. The molecule has 0 fully saturated rings. The summed E-state index contributed by atoms with van der Waals surface area (Å²) in [5, 5.41) is 8.77. The first-order chi connectivity index (χ1) is 22.6. The first-order valence-electron chi connectivity index (χ1n) is 16.1. The van der Waals surface area contributed by atoms with Crippen LogP contribution >= 0.6 is 0 Å². The molecule has 0 aliphatic heterocycles. The van der Waals surface area contributed by atoms with Crippen molar-refractivity contribution in [1.82, 2.24) is 9.55 Å². The molecule has 10 rings (SSSR count). The topological polar surface area (TPSA) is 17.8 Å². The summed E-state index contributed by atoms with van der Waals surface area (Å²) >= 11 is 0. The molecule has 46 heavy (non-hydrogen) atoms. The zero-order valence-electron chi connectivity index (χ0n) is 25.8. The van der Waals surface area contributed by atoms with Crippen LogP contribution in [0.1, 0.15) is 25.0 Å². The minimum Gasteiger partial charge on any atom is -0.293 e. The van der Waals surface area contributed by atoms with Crippen LogP contribution in [0.3, 0.4) is 0 Å². The molecular formula is C44H30N2. The quantitative estimate of drug-likeness (QED) is 0.197. The van der Waals surface area contributed by atoms with Crippen LogP contribution in [-0.2, 0) is 5.41 Å². The Balaban J connectivity index is 1.39. The molecule has 0 radical (unpaired) electrons. The summed E-state index contributed by atoms with van der Waals surface area (Å²) in [6, 6.07) is 53.3. The maximum absolute atomic E-state index is 5.41. The van der Waals surface area contributed by atoms with Crippen molar-refractivity contribution in [2.75, 3.05) is 0 Å². The second-order valence-corrected chi connectivity index (χ2v) is 13.2. The van der Waals surface area contributed by atoms with Crippen LogP contribution in [-0.4, -0.2) is 9.55 Å². The molecule has 2 aromatic heterocycles. The van der Waals surface area contributed by atoms with E-state index in [-0.39, 0.29) is 5.41 Å². The van der Waals surface area contributed by atoms with Gasteiger partial charge >= 0.3 is 0 Å². The highest BCUT2D eigenvalue weighted by atomic mass is 15.1. The van der Waals surface area contributed by atoms with Crippen LogP contribution < -0.4 is 0 Å². The summed E-state index contributed by atoms with van der Waals surface area (Å²) in [6.07, 6.45) is 0. The second kappa shape index (κ2) is 9.15. The predicted molar refractivity (Wildman–Crippen MR) is 194 cm³/mol. The van der Waals surface area contributed by atoms with Crippen molar-refractivity contribution in [2.45, 2.75) is 19.3 Å². The SMILES string of the molecule is CC1(C)c2ccccc2-c2c3c1cccc3cc1c3ccccc3n(-c3cc(-c4ccc5ccccc5c4)c4ccccc4n3)c21. The van der Waals surface area contributed by atoms with Crippen LogP contribution in [0.4, 0.5) is 0 Å². The maximum atomic E-state index is 5.41. The van der Waals surface area contributed by atoms with Gasteiger partial charge in [0, 0.05) is 27.1 Å². The van der Waals surface area contributed by atoms with Crippen molar-refractivity contribution < 1.29 is 0 Å². The molecule has 1 aliphatic carbocycles. The first-order valence-corrected chi connectivity index (χ1v) is 16.1. The smallest absolute Gasteiger partial charge is 0.138 e. The average Bonchev–Trinajstić information content (AvgIpc) is 3.43. The van der Waals surface area contributed by atoms with E-state index in [0.29, 0.717) is 0 Å². The van der Waals surface area contributed by atoms with Crippen molar-refractivity contribution in [3.05, 3.63) is 157 Å². The van der Waals surface area contributed by atoms with E-state index >= 15 is 0 Å². The molecule has 0 amide bonds. The number of hydrogen-bond acceptors (Lipinski definition) is 1.